The number of hydrogen-bond donors (Lipinski definition) is 1. The maximum absolute atomic E-state index is 5.09. The van der Waals surface area contributed by atoms with Crippen LogP contribution in [0.1, 0.15) is 24.5 Å². The summed E-state index contributed by atoms with van der Waals surface area (Å²) in [4.78, 5) is 10.7. The molecule has 2 aromatic heterocycles. The second kappa shape index (κ2) is 5.98. The molecule has 1 aliphatic carbocycles. The average Bonchev–Trinajstić information content (AvgIpc) is 3.39. The Bertz CT molecular complexity index is 667. The zero-order chi connectivity index (χ0) is 15.6. The Labute approximate surface area is 135 Å². The molecule has 2 aromatic rings. The predicted molar refractivity (Wildman–Crippen MR) is 86.8 cm³/mol. The zero-order valence-electron chi connectivity index (χ0n) is 13.1. The lowest BCUT2D eigenvalue weighted by atomic mass is 10.0. The maximum atomic E-state index is 5.09. The number of nitrogens with one attached hydrogen (secondary N) is 1. The third-order valence-corrected chi connectivity index (χ3v) is 4.34. The van der Waals surface area contributed by atoms with E-state index in [1.807, 2.05) is 0 Å². The lowest BCUT2D eigenvalue weighted by molar-refractivity contribution is 0.396. The topological polar surface area (TPSA) is 76.1 Å². The van der Waals surface area contributed by atoms with E-state index in [1.165, 1.54) is 12.8 Å². The molecule has 0 unspecified atom stereocenters. The van der Waals surface area contributed by atoms with Gasteiger partial charge in [0.1, 0.15) is 0 Å². The van der Waals surface area contributed by atoms with Crippen LogP contribution >= 0.6 is 0 Å². The third-order valence-electron chi connectivity index (χ3n) is 4.34. The van der Waals surface area contributed by atoms with Crippen molar-refractivity contribution in [2.45, 2.75) is 18.8 Å². The lowest BCUT2D eigenvalue weighted by Crippen LogP contribution is -2.50. The first-order valence-electron chi connectivity index (χ1n) is 8.01. The number of rotatable bonds is 6. The molecule has 2 fully saturated rings. The van der Waals surface area contributed by atoms with Crippen LogP contribution in [0, 0.1) is 5.92 Å². The Kier molecular flexibility index (Phi) is 3.69. The highest BCUT2D eigenvalue weighted by Crippen LogP contribution is 2.38. The normalized spacial score (nSPS) is 17.7. The number of hydrogen-bond acceptors (Lipinski definition) is 7. The minimum atomic E-state index is 0.565. The van der Waals surface area contributed by atoms with Gasteiger partial charge in [0.05, 0.1) is 12.8 Å². The number of methoxy groups -OCH3 is 1. The summed E-state index contributed by atoms with van der Waals surface area (Å²) in [5.41, 5.74) is 1.14. The molecule has 7 nitrogen and oxygen atoms in total. The van der Waals surface area contributed by atoms with Gasteiger partial charge in [0.15, 0.2) is 5.82 Å². The molecular formula is C16H20N6O. The SMILES string of the molecule is COc1ccnc(NCC2CN(c3ccc(C4CC4)nn3)C2)n1. The van der Waals surface area contributed by atoms with Gasteiger partial charge in [-0.2, -0.15) is 10.1 Å². The smallest absolute Gasteiger partial charge is 0.225 e. The Morgan fingerprint density at radius 1 is 1.22 bits per heavy atom. The second-order valence-corrected chi connectivity index (χ2v) is 6.17. The van der Waals surface area contributed by atoms with Crippen molar-refractivity contribution in [2.24, 2.45) is 5.92 Å². The van der Waals surface area contributed by atoms with Gasteiger partial charge in [0, 0.05) is 43.7 Å². The largest absolute Gasteiger partial charge is 0.481 e. The molecule has 0 amide bonds. The minimum Gasteiger partial charge on any atom is -0.481 e. The van der Waals surface area contributed by atoms with Crippen molar-refractivity contribution in [3.8, 4) is 5.88 Å². The fourth-order valence-electron chi connectivity index (χ4n) is 2.76. The number of aromatic nitrogens is 4. The van der Waals surface area contributed by atoms with Crippen LogP contribution in [0.4, 0.5) is 11.8 Å². The van der Waals surface area contributed by atoms with Crippen molar-refractivity contribution in [3.05, 3.63) is 30.1 Å². The predicted octanol–water partition coefficient (Wildman–Crippen LogP) is 1.70. The van der Waals surface area contributed by atoms with Crippen LogP contribution in [0.15, 0.2) is 24.4 Å². The standard InChI is InChI=1S/C16H20N6O/c1-23-15-6-7-17-16(19-15)18-8-11-9-22(10-11)14-5-4-13(20-21-14)12-2-3-12/h4-7,11-12H,2-3,8-10H2,1H3,(H,17,18,19). The van der Waals surface area contributed by atoms with E-state index in [0.717, 1.165) is 31.1 Å². The quantitative estimate of drug-likeness (QED) is 0.870. The summed E-state index contributed by atoms with van der Waals surface area (Å²) >= 11 is 0. The summed E-state index contributed by atoms with van der Waals surface area (Å²) in [5, 5.41) is 12.0. The molecule has 2 aliphatic rings. The van der Waals surface area contributed by atoms with Gasteiger partial charge in [0.2, 0.25) is 11.8 Å². The zero-order valence-corrected chi connectivity index (χ0v) is 13.1. The Morgan fingerprint density at radius 3 is 2.78 bits per heavy atom. The number of nitrogens with zero attached hydrogens (tertiary/aromatic N) is 5. The highest BCUT2D eigenvalue weighted by Gasteiger charge is 2.29. The molecule has 4 rings (SSSR count). The van der Waals surface area contributed by atoms with E-state index in [2.05, 4.69) is 42.5 Å². The van der Waals surface area contributed by atoms with E-state index in [0.29, 0.717) is 23.7 Å². The van der Waals surface area contributed by atoms with Crippen LogP contribution < -0.4 is 15.0 Å². The van der Waals surface area contributed by atoms with Gasteiger partial charge < -0.3 is 15.0 Å². The Morgan fingerprint density at radius 2 is 2.09 bits per heavy atom. The molecule has 1 N–H and O–H groups in total. The average molecular weight is 312 g/mol. The monoisotopic (exact) mass is 312 g/mol. The first kappa shape index (κ1) is 14.2. The van der Waals surface area contributed by atoms with Crippen LogP contribution in [-0.2, 0) is 0 Å². The molecule has 1 saturated carbocycles. The molecular weight excluding hydrogens is 292 g/mol. The van der Waals surface area contributed by atoms with Crippen molar-refractivity contribution in [1.29, 1.82) is 0 Å². The van der Waals surface area contributed by atoms with Gasteiger partial charge in [-0.25, -0.2) is 4.98 Å². The van der Waals surface area contributed by atoms with Gasteiger partial charge in [0.25, 0.3) is 0 Å². The highest BCUT2D eigenvalue weighted by atomic mass is 16.5. The van der Waals surface area contributed by atoms with Gasteiger partial charge in [-0.3, -0.25) is 0 Å². The van der Waals surface area contributed by atoms with Crippen LogP contribution in [0.3, 0.4) is 0 Å². The van der Waals surface area contributed by atoms with E-state index in [4.69, 9.17) is 4.74 Å². The van der Waals surface area contributed by atoms with Gasteiger partial charge in [-0.15, -0.1) is 5.10 Å². The summed E-state index contributed by atoms with van der Waals surface area (Å²) < 4.78 is 5.09. The molecule has 1 saturated heterocycles. The fraction of sp³-hybridized carbons (Fsp3) is 0.500. The van der Waals surface area contributed by atoms with Crippen LogP contribution in [0.5, 0.6) is 5.88 Å². The molecule has 0 bridgehead atoms. The summed E-state index contributed by atoms with van der Waals surface area (Å²) in [6, 6.07) is 5.95. The number of ether oxygens (including phenoxy) is 1. The summed E-state index contributed by atoms with van der Waals surface area (Å²) in [6.07, 6.45) is 4.22. The van der Waals surface area contributed by atoms with E-state index >= 15 is 0 Å². The first-order chi connectivity index (χ1) is 11.3. The summed E-state index contributed by atoms with van der Waals surface area (Å²) in [5.74, 6) is 3.38. The maximum Gasteiger partial charge on any atom is 0.225 e. The van der Waals surface area contributed by atoms with Crippen LogP contribution in [-0.4, -0.2) is 46.9 Å². The minimum absolute atomic E-state index is 0.565. The van der Waals surface area contributed by atoms with Crippen molar-refractivity contribution < 1.29 is 4.74 Å². The second-order valence-electron chi connectivity index (χ2n) is 6.17. The highest BCUT2D eigenvalue weighted by molar-refractivity contribution is 5.41. The molecule has 0 spiro atoms. The van der Waals surface area contributed by atoms with E-state index in [1.54, 1.807) is 19.4 Å². The summed E-state index contributed by atoms with van der Waals surface area (Å²) in [7, 11) is 1.60. The molecule has 7 heteroatoms. The first-order valence-corrected chi connectivity index (χ1v) is 8.01. The molecule has 23 heavy (non-hydrogen) atoms. The van der Waals surface area contributed by atoms with E-state index in [-0.39, 0.29) is 0 Å². The Balaban J connectivity index is 1.26. The van der Waals surface area contributed by atoms with Gasteiger partial charge >= 0.3 is 0 Å². The molecule has 120 valence electrons. The summed E-state index contributed by atoms with van der Waals surface area (Å²) in [6.45, 7) is 2.81. The number of anilines is 2. The molecule has 0 atom stereocenters. The Hall–Kier alpha value is -2.44. The fourth-order valence-corrected chi connectivity index (χ4v) is 2.76. The lowest BCUT2D eigenvalue weighted by Gasteiger charge is -2.39. The van der Waals surface area contributed by atoms with Crippen molar-refractivity contribution in [2.75, 3.05) is 37.0 Å². The van der Waals surface area contributed by atoms with Gasteiger partial charge in [-0.05, 0) is 25.0 Å². The van der Waals surface area contributed by atoms with Crippen LogP contribution in [0.25, 0.3) is 0 Å². The third kappa shape index (κ3) is 3.18. The van der Waals surface area contributed by atoms with Crippen molar-refractivity contribution in [1.82, 2.24) is 20.2 Å². The molecule has 0 aromatic carbocycles. The van der Waals surface area contributed by atoms with Crippen molar-refractivity contribution >= 4 is 11.8 Å². The van der Waals surface area contributed by atoms with E-state index in [9.17, 15) is 0 Å². The molecule has 0 radical (unpaired) electrons. The van der Waals surface area contributed by atoms with Gasteiger partial charge in [-0.1, -0.05) is 0 Å². The van der Waals surface area contributed by atoms with E-state index < -0.39 is 0 Å². The van der Waals surface area contributed by atoms with Crippen molar-refractivity contribution in [3.63, 3.8) is 0 Å². The molecule has 3 heterocycles. The van der Waals surface area contributed by atoms with Crippen LogP contribution in [0.2, 0.25) is 0 Å². The molecule has 1 aliphatic heterocycles.